The maximum Gasteiger partial charge on any atom is 0.306 e. The van der Waals surface area contributed by atoms with Gasteiger partial charge < -0.3 is 15.5 Å². The fourth-order valence-corrected chi connectivity index (χ4v) is 3.03. The van der Waals surface area contributed by atoms with E-state index in [-0.39, 0.29) is 17.5 Å². The lowest BCUT2D eigenvalue weighted by atomic mass is 10.3. The summed E-state index contributed by atoms with van der Waals surface area (Å²) in [6, 6.07) is 3.10. The Morgan fingerprint density at radius 3 is 3.11 bits per heavy atom. The molecule has 0 aromatic carbocycles. The highest BCUT2D eigenvalue weighted by molar-refractivity contribution is 5.80. The zero-order valence-electron chi connectivity index (χ0n) is 15.6. The van der Waals surface area contributed by atoms with E-state index in [1.165, 1.54) is 23.1 Å². The van der Waals surface area contributed by atoms with Crippen molar-refractivity contribution in [2.24, 2.45) is 4.99 Å². The maximum absolute atomic E-state index is 13.9. The van der Waals surface area contributed by atoms with Crippen molar-refractivity contribution in [2.45, 2.75) is 25.9 Å². The van der Waals surface area contributed by atoms with Crippen LogP contribution in [0, 0.1) is 15.9 Å². The Balaban J connectivity index is 1.54. The number of nitro groups is 1. The van der Waals surface area contributed by atoms with Gasteiger partial charge in [0, 0.05) is 31.9 Å². The van der Waals surface area contributed by atoms with E-state index in [1.54, 1.807) is 12.3 Å². The number of halogens is 1. The Hall–Kier alpha value is -3.24. The Morgan fingerprint density at radius 1 is 1.54 bits per heavy atom. The normalized spacial score (nSPS) is 17.0. The van der Waals surface area contributed by atoms with Crippen molar-refractivity contribution in [3.8, 4) is 0 Å². The topological polar surface area (TPSA) is 114 Å². The van der Waals surface area contributed by atoms with Crippen molar-refractivity contribution in [1.82, 2.24) is 25.4 Å². The number of anilines is 1. The van der Waals surface area contributed by atoms with Crippen molar-refractivity contribution >= 4 is 17.5 Å². The largest absolute Gasteiger partial charge is 0.357 e. The van der Waals surface area contributed by atoms with E-state index in [4.69, 9.17) is 0 Å². The molecule has 0 radical (unpaired) electrons. The number of nitrogens with one attached hydrogen (secondary N) is 2. The first-order valence-electron chi connectivity index (χ1n) is 9.14. The van der Waals surface area contributed by atoms with E-state index in [1.807, 2.05) is 11.8 Å². The van der Waals surface area contributed by atoms with Crippen LogP contribution in [-0.2, 0) is 6.54 Å². The quantitative estimate of drug-likeness (QED) is 0.316. The van der Waals surface area contributed by atoms with Crippen LogP contribution in [-0.4, -0.2) is 57.9 Å². The standard InChI is InChI=1S/C17H23FN8O2/c1-2-19-17(21-7-9-25-12-14(10-22-25)26(27)28)23-13-5-8-24(11-13)16-15(18)4-3-6-20-16/h3-4,6,10,12-13H,2,5,7-9,11H2,1H3,(H2,19,21,23). The van der Waals surface area contributed by atoms with Gasteiger partial charge in [0.2, 0.25) is 0 Å². The molecule has 1 aliphatic heterocycles. The fourth-order valence-electron chi connectivity index (χ4n) is 3.03. The average molecular weight is 390 g/mol. The summed E-state index contributed by atoms with van der Waals surface area (Å²) in [4.78, 5) is 20.8. The molecule has 10 nitrogen and oxygen atoms in total. The van der Waals surface area contributed by atoms with Gasteiger partial charge in [-0.15, -0.1) is 0 Å². The molecule has 11 heteroatoms. The molecule has 3 rings (SSSR count). The molecule has 0 amide bonds. The van der Waals surface area contributed by atoms with Gasteiger partial charge in [0.25, 0.3) is 0 Å². The second-order valence-corrected chi connectivity index (χ2v) is 6.36. The van der Waals surface area contributed by atoms with E-state index in [9.17, 15) is 14.5 Å². The van der Waals surface area contributed by atoms with Crippen molar-refractivity contribution in [1.29, 1.82) is 0 Å². The zero-order valence-corrected chi connectivity index (χ0v) is 15.6. The molecule has 1 fully saturated rings. The number of nitrogens with zero attached hydrogens (tertiary/aromatic N) is 6. The lowest BCUT2D eigenvalue weighted by Gasteiger charge is -2.19. The number of hydrogen-bond donors (Lipinski definition) is 2. The minimum atomic E-state index is -0.478. The first-order chi connectivity index (χ1) is 13.6. The number of guanidine groups is 1. The molecule has 1 aliphatic rings. The minimum absolute atomic E-state index is 0.0400. The van der Waals surface area contributed by atoms with Gasteiger partial charge >= 0.3 is 5.69 Å². The Kier molecular flexibility index (Phi) is 6.35. The third-order valence-electron chi connectivity index (χ3n) is 4.34. The van der Waals surface area contributed by atoms with Crippen LogP contribution in [0.25, 0.3) is 0 Å². The second kappa shape index (κ2) is 9.11. The van der Waals surface area contributed by atoms with Crippen LogP contribution in [0.3, 0.4) is 0 Å². The van der Waals surface area contributed by atoms with Gasteiger partial charge in [-0.25, -0.2) is 9.37 Å². The van der Waals surface area contributed by atoms with Gasteiger partial charge in [0.15, 0.2) is 17.6 Å². The number of rotatable bonds is 7. The van der Waals surface area contributed by atoms with Gasteiger partial charge in [0.1, 0.15) is 12.4 Å². The molecule has 1 unspecified atom stereocenters. The van der Waals surface area contributed by atoms with Crippen molar-refractivity contribution in [3.05, 3.63) is 46.7 Å². The van der Waals surface area contributed by atoms with Crippen LogP contribution >= 0.6 is 0 Å². The maximum atomic E-state index is 13.9. The predicted octanol–water partition coefficient (Wildman–Crippen LogP) is 1.16. The zero-order chi connectivity index (χ0) is 19.9. The molecule has 0 saturated carbocycles. The Labute approximate surface area is 161 Å². The first-order valence-corrected chi connectivity index (χ1v) is 9.14. The van der Waals surface area contributed by atoms with Crippen LogP contribution < -0.4 is 15.5 Å². The van der Waals surface area contributed by atoms with E-state index < -0.39 is 4.92 Å². The van der Waals surface area contributed by atoms with E-state index in [2.05, 4.69) is 25.7 Å². The molecule has 2 aromatic heterocycles. The molecular weight excluding hydrogens is 367 g/mol. The van der Waals surface area contributed by atoms with Crippen LogP contribution in [0.4, 0.5) is 15.9 Å². The Morgan fingerprint density at radius 2 is 2.39 bits per heavy atom. The van der Waals surface area contributed by atoms with Crippen LogP contribution in [0.1, 0.15) is 13.3 Å². The summed E-state index contributed by atoms with van der Waals surface area (Å²) in [5, 5.41) is 21.2. The van der Waals surface area contributed by atoms with Crippen LogP contribution in [0.2, 0.25) is 0 Å². The Bertz CT molecular complexity index is 840. The van der Waals surface area contributed by atoms with Gasteiger partial charge in [-0.2, -0.15) is 5.10 Å². The summed E-state index contributed by atoms with van der Waals surface area (Å²) in [6.07, 6.45) is 5.03. The molecule has 1 atom stereocenters. The van der Waals surface area contributed by atoms with Crippen molar-refractivity contribution in [3.63, 3.8) is 0 Å². The molecule has 0 aliphatic carbocycles. The van der Waals surface area contributed by atoms with E-state index in [0.717, 1.165) is 6.42 Å². The molecule has 2 aromatic rings. The highest BCUT2D eigenvalue weighted by atomic mass is 19.1. The smallest absolute Gasteiger partial charge is 0.306 e. The number of hydrogen-bond acceptors (Lipinski definition) is 6. The number of aliphatic imine (C=N–C) groups is 1. The third-order valence-corrected chi connectivity index (χ3v) is 4.34. The molecule has 1 saturated heterocycles. The molecule has 0 bridgehead atoms. The molecular formula is C17H23FN8O2. The van der Waals surface area contributed by atoms with E-state index in [0.29, 0.717) is 44.5 Å². The van der Waals surface area contributed by atoms with E-state index >= 15 is 0 Å². The predicted molar refractivity (Wildman–Crippen MR) is 103 cm³/mol. The van der Waals surface area contributed by atoms with Crippen molar-refractivity contribution in [2.75, 3.05) is 31.1 Å². The monoisotopic (exact) mass is 390 g/mol. The van der Waals surface area contributed by atoms with Crippen LogP contribution in [0.15, 0.2) is 35.7 Å². The highest BCUT2D eigenvalue weighted by Gasteiger charge is 2.25. The summed E-state index contributed by atoms with van der Waals surface area (Å²) < 4.78 is 15.4. The van der Waals surface area contributed by atoms with Gasteiger partial charge in [-0.05, 0) is 25.5 Å². The van der Waals surface area contributed by atoms with Gasteiger partial charge in [-0.3, -0.25) is 19.8 Å². The van der Waals surface area contributed by atoms with Gasteiger partial charge in [-0.1, -0.05) is 0 Å². The molecule has 2 N–H and O–H groups in total. The first kappa shape index (κ1) is 19.5. The molecule has 0 spiro atoms. The van der Waals surface area contributed by atoms with Crippen molar-refractivity contribution < 1.29 is 9.31 Å². The third kappa shape index (κ3) is 4.93. The molecule has 3 heterocycles. The lowest BCUT2D eigenvalue weighted by Crippen LogP contribution is -2.44. The highest BCUT2D eigenvalue weighted by Crippen LogP contribution is 2.20. The van der Waals surface area contributed by atoms with Gasteiger partial charge in [0.05, 0.1) is 18.0 Å². The molecule has 150 valence electrons. The second-order valence-electron chi connectivity index (χ2n) is 6.36. The summed E-state index contributed by atoms with van der Waals surface area (Å²) in [5.74, 6) is 0.698. The number of aromatic nitrogens is 3. The molecule has 28 heavy (non-hydrogen) atoms. The summed E-state index contributed by atoms with van der Waals surface area (Å²) in [7, 11) is 0. The average Bonchev–Trinajstić information content (AvgIpc) is 3.32. The SMILES string of the molecule is CCNC(=NCCn1cc([N+](=O)[O-])cn1)NC1CCN(c2ncccc2F)C1. The fraction of sp³-hybridized carbons (Fsp3) is 0.471. The minimum Gasteiger partial charge on any atom is -0.357 e. The summed E-state index contributed by atoms with van der Waals surface area (Å²) in [5.41, 5.74) is -0.0400. The number of pyridine rings is 1. The lowest BCUT2D eigenvalue weighted by molar-refractivity contribution is -0.385. The summed E-state index contributed by atoms with van der Waals surface area (Å²) >= 11 is 0. The summed E-state index contributed by atoms with van der Waals surface area (Å²) in [6.45, 7) is 4.86. The van der Waals surface area contributed by atoms with Crippen LogP contribution in [0.5, 0.6) is 0 Å².